The number of hydrogen-bond acceptors (Lipinski definition) is 4. The zero-order chi connectivity index (χ0) is 20.3. The number of rotatable bonds is 7. The first-order valence-corrected chi connectivity index (χ1v) is 9.49. The van der Waals surface area contributed by atoms with E-state index in [2.05, 4.69) is 12.2 Å². The average Bonchev–Trinajstić information content (AvgIpc) is 2.91. The molecule has 0 saturated carbocycles. The smallest absolute Gasteiger partial charge is 0.278 e. The summed E-state index contributed by atoms with van der Waals surface area (Å²) in [5.41, 5.74) is 5.57. The molecule has 1 aliphatic heterocycles. The van der Waals surface area contributed by atoms with Gasteiger partial charge in [0.25, 0.3) is 11.8 Å². The number of carbonyl (C=O) groups excluding carboxylic acids is 2. The van der Waals surface area contributed by atoms with Crippen LogP contribution in [0.3, 0.4) is 0 Å². The molecule has 3 rings (SSSR count). The molecule has 5 nitrogen and oxygen atoms in total. The highest BCUT2D eigenvalue weighted by molar-refractivity contribution is 6.36. The van der Waals surface area contributed by atoms with Gasteiger partial charge in [0.2, 0.25) is 0 Å². The number of aryl methyl sites for hydroxylation is 3. The maximum Gasteiger partial charge on any atom is 0.278 e. The first-order valence-electron chi connectivity index (χ1n) is 9.49. The lowest BCUT2D eigenvalue weighted by atomic mass is 9.97. The normalized spacial score (nSPS) is 14.2. The van der Waals surface area contributed by atoms with Crippen molar-refractivity contribution < 1.29 is 14.3 Å². The van der Waals surface area contributed by atoms with Gasteiger partial charge in [-0.05, 0) is 49.1 Å². The fraction of sp³-hybridized carbons (Fsp3) is 0.304. The Bertz CT molecular complexity index is 929. The van der Waals surface area contributed by atoms with E-state index in [1.807, 2.05) is 56.3 Å². The minimum absolute atomic E-state index is 0.225. The Balaban J connectivity index is 2.05. The average molecular weight is 378 g/mol. The summed E-state index contributed by atoms with van der Waals surface area (Å²) >= 11 is 0. The van der Waals surface area contributed by atoms with Gasteiger partial charge < -0.3 is 10.1 Å². The predicted molar refractivity (Wildman–Crippen MR) is 111 cm³/mol. The van der Waals surface area contributed by atoms with Crippen LogP contribution in [0.1, 0.15) is 29.2 Å². The summed E-state index contributed by atoms with van der Waals surface area (Å²) in [6.07, 6.45) is 0.943. The maximum atomic E-state index is 13.1. The molecule has 1 heterocycles. The number of hydrogen-bond donors (Lipinski definition) is 1. The molecule has 2 aromatic carbocycles. The molecule has 1 aliphatic rings. The zero-order valence-electron chi connectivity index (χ0n) is 16.8. The number of nitrogens with zero attached hydrogens (tertiary/aromatic N) is 1. The lowest BCUT2D eigenvalue weighted by Gasteiger charge is -2.14. The van der Waals surface area contributed by atoms with Crippen LogP contribution < -0.4 is 5.32 Å². The molecular formula is C23H26N2O3. The Kier molecular flexibility index (Phi) is 5.95. The van der Waals surface area contributed by atoms with E-state index in [4.69, 9.17) is 4.74 Å². The lowest BCUT2D eigenvalue weighted by molar-refractivity contribution is -0.137. The topological polar surface area (TPSA) is 58.6 Å². The number of benzene rings is 2. The van der Waals surface area contributed by atoms with Gasteiger partial charge in [0.15, 0.2) is 0 Å². The van der Waals surface area contributed by atoms with Gasteiger partial charge >= 0.3 is 0 Å². The van der Waals surface area contributed by atoms with Crippen LogP contribution in [-0.4, -0.2) is 37.0 Å². The van der Waals surface area contributed by atoms with Crippen molar-refractivity contribution in [2.45, 2.75) is 27.2 Å². The summed E-state index contributed by atoms with van der Waals surface area (Å²) in [6, 6.07) is 13.8. The van der Waals surface area contributed by atoms with Crippen LogP contribution in [0, 0.1) is 13.8 Å². The molecule has 0 aromatic heterocycles. The van der Waals surface area contributed by atoms with Gasteiger partial charge in [0.1, 0.15) is 5.70 Å². The molecule has 0 aliphatic carbocycles. The second-order valence-electron chi connectivity index (χ2n) is 7.00. The molecule has 0 radical (unpaired) electrons. The van der Waals surface area contributed by atoms with Crippen molar-refractivity contribution in [2.24, 2.45) is 0 Å². The van der Waals surface area contributed by atoms with Crippen molar-refractivity contribution >= 4 is 23.1 Å². The molecule has 0 saturated heterocycles. The fourth-order valence-electron chi connectivity index (χ4n) is 3.39. The second-order valence-corrected chi connectivity index (χ2v) is 7.00. The molecule has 0 bridgehead atoms. The van der Waals surface area contributed by atoms with Crippen molar-refractivity contribution in [3.63, 3.8) is 0 Å². The molecule has 0 unspecified atom stereocenters. The summed E-state index contributed by atoms with van der Waals surface area (Å²) in [6.45, 7) is 6.58. The molecule has 0 spiro atoms. The largest absolute Gasteiger partial charge is 0.383 e. The quantitative estimate of drug-likeness (QED) is 0.747. The molecular weight excluding hydrogens is 352 g/mol. The van der Waals surface area contributed by atoms with Crippen LogP contribution in [0.5, 0.6) is 0 Å². The molecule has 146 valence electrons. The highest BCUT2D eigenvalue weighted by Crippen LogP contribution is 2.32. The third kappa shape index (κ3) is 3.85. The number of anilines is 1. The van der Waals surface area contributed by atoms with E-state index in [-0.39, 0.29) is 18.4 Å². The Morgan fingerprint density at radius 1 is 1.00 bits per heavy atom. The summed E-state index contributed by atoms with van der Waals surface area (Å²) in [4.78, 5) is 27.4. The van der Waals surface area contributed by atoms with Crippen molar-refractivity contribution in [1.29, 1.82) is 0 Å². The molecule has 2 aromatic rings. The van der Waals surface area contributed by atoms with Crippen LogP contribution in [0.4, 0.5) is 5.69 Å². The van der Waals surface area contributed by atoms with Crippen LogP contribution in [0.2, 0.25) is 0 Å². The summed E-state index contributed by atoms with van der Waals surface area (Å²) in [7, 11) is 1.55. The molecule has 28 heavy (non-hydrogen) atoms. The van der Waals surface area contributed by atoms with Gasteiger partial charge in [-0.2, -0.15) is 0 Å². The highest BCUT2D eigenvalue weighted by atomic mass is 16.5. The monoisotopic (exact) mass is 378 g/mol. The Labute approximate surface area is 166 Å². The third-order valence-corrected chi connectivity index (χ3v) is 4.97. The fourth-order valence-corrected chi connectivity index (χ4v) is 3.39. The van der Waals surface area contributed by atoms with E-state index in [1.54, 1.807) is 7.11 Å². The van der Waals surface area contributed by atoms with E-state index in [9.17, 15) is 9.59 Å². The molecule has 0 atom stereocenters. The Morgan fingerprint density at radius 3 is 2.32 bits per heavy atom. The number of methoxy groups -OCH3 is 1. The van der Waals surface area contributed by atoms with E-state index in [0.29, 0.717) is 17.9 Å². The van der Waals surface area contributed by atoms with Gasteiger partial charge in [-0.15, -0.1) is 0 Å². The number of carbonyl (C=O) groups is 2. The van der Waals surface area contributed by atoms with E-state index < -0.39 is 0 Å². The maximum absolute atomic E-state index is 13.1. The first-order chi connectivity index (χ1) is 13.5. The molecule has 0 fully saturated rings. The number of amides is 2. The van der Waals surface area contributed by atoms with E-state index >= 15 is 0 Å². The molecule has 2 amide bonds. The van der Waals surface area contributed by atoms with Crippen LogP contribution in [0.25, 0.3) is 5.57 Å². The number of nitrogens with one attached hydrogen (secondary N) is 1. The Hall–Kier alpha value is -2.92. The SMILES string of the molecule is CCc1ccc(NC2=C(c3ccc(C)cc3C)C(=O)N(CCOC)C2=O)cc1. The van der Waals surface area contributed by atoms with Crippen molar-refractivity contribution in [3.05, 3.63) is 70.4 Å². The standard InChI is InChI=1S/C23H26N2O3/c1-5-17-7-9-18(10-8-17)24-21-20(19-11-6-15(2)14-16(19)3)22(26)25(23(21)27)12-13-28-4/h6-11,14,24H,5,12-13H2,1-4H3. The van der Waals surface area contributed by atoms with Crippen molar-refractivity contribution in [1.82, 2.24) is 4.90 Å². The molecule has 1 N–H and O–H groups in total. The third-order valence-electron chi connectivity index (χ3n) is 4.97. The van der Waals surface area contributed by atoms with Gasteiger partial charge in [0.05, 0.1) is 18.7 Å². The van der Waals surface area contributed by atoms with Crippen molar-refractivity contribution in [2.75, 3.05) is 25.6 Å². The minimum atomic E-state index is -0.323. The summed E-state index contributed by atoms with van der Waals surface area (Å²) in [5, 5.41) is 3.20. The van der Waals surface area contributed by atoms with Gasteiger partial charge in [-0.3, -0.25) is 14.5 Å². The summed E-state index contributed by atoms with van der Waals surface area (Å²) in [5.74, 6) is -0.613. The van der Waals surface area contributed by atoms with Crippen LogP contribution in [-0.2, 0) is 20.7 Å². The van der Waals surface area contributed by atoms with E-state index in [0.717, 1.165) is 28.8 Å². The highest BCUT2D eigenvalue weighted by Gasteiger charge is 2.39. The molecule has 5 heteroatoms. The predicted octanol–water partition coefficient (Wildman–Crippen LogP) is 3.70. The number of imide groups is 1. The van der Waals surface area contributed by atoms with Crippen LogP contribution in [0.15, 0.2) is 48.2 Å². The van der Waals surface area contributed by atoms with Crippen LogP contribution >= 0.6 is 0 Å². The van der Waals surface area contributed by atoms with Gasteiger partial charge in [0, 0.05) is 12.8 Å². The zero-order valence-corrected chi connectivity index (χ0v) is 16.8. The first kappa shape index (κ1) is 19.8. The second kappa shape index (κ2) is 8.40. The summed E-state index contributed by atoms with van der Waals surface area (Å²) < 4.78 is 5.07. The van der Waals surface area contributed by atoms with E-state index in [1.165, 1.54) is 10.5 Å². The number of ether oxygens (including phenoxy) is 1. The minimum Gasteiger partial charge on any atom is -0.383 e. The van der Waals surface area contributed by atoms with Gasteiger partial charge in [-0.1, -0.05) is 42.8 Å². The van der Waals surface area contributed by atoms with Gasteiger partial charge in [-0.25, -0.2) is 0 Å². The van der Waals surface area contributed by atoms with Crippen molar-refractivity contribution in [3.8, 4) is 0 Å². The lowest BCUT2D eigenvalue weighted by Crippen LogP contribution is -2.35. The Morgan fingerprint density at radius 2 is 1.71 bits per heavy atom.